The molecule has 2 atom stereocenters. The molecule has 1 aliphatic carbocycles. The molecule has 5 nitrogen and oxygen atoms in total. The summed E-state index contributed by atoms with van der Waals surface area (Å²) < 4.78 is 19.8. The predicted molar refractivity (Wildman–Crippen MR) is 89.4 cm³/mol. The fourth-order valence-corrected chi connectivity index (χ4v) is 3.88. The van der Waals surface area contributed by atoms with Gasteiger partial charge in [-0.1, -0.05) is 12.1 Å². The van der Waals surface area contributed by atoms with Gasteiger partial charge in [0.15, 0.2) is 0 Å². The van der Waals surface area contributed by atoms with E-state index < -0.39 is 5.82 Å². The van der Waals surface area contributed by atoms with Gasteiger partial charge < -0.3 is 20.1 Å². The molecule has 1 aromatic carbocycles. The second-order valence-corrected chi connectivity index (χ2v) is 6.78. The van der Waals surface area contributed by atoms with Gasteiger partial charge in [-0.25, -0.2) is 9.18 Å². The van der Waals surface area contributed by atoms with Crippen LogP contribution in [0.4, 0.5) is 14.9 Å². The Balaban J connectivity index is 1.60. The number of piperidine rings is 1. The van der Waals surface area contributed by atoms with Crippen molar-refractivity contribution in [3.8, 4) is 0 Å². The van der Waals surface area contributed by atoms with Gasteiger partial charge in [-0.3, -0.25) is 0 Å². The number of carbonyl (C=O) groups excluding carboxylic acids is 1. The lowest BCUT2D eigenvalue weighted by molar-refractivity contribution is -0.207. The monoisotopic (exact) mass is 336 g/mol. The second-order valence-electron chi connectivity index (χ2n) is 6.78. The van der Waals surface area contributed by atoms with Crippen molar-refractivity contribution < 1.29 is 19.0 Å². The number of aryl methyl sites for hydroxylation is 1. The van der Waals surface area contributed by atoms with E-state index in [1.54, 1.807) is 30.0 Å². The van der Waals surface area contributed by atoms with Gasteiger partial charge in [-0.05, 0) is 38.3 Å². The minimum Gasteiger partial charge on any atom is -0.392 e. The molecule has 1 saturated carbocycles. The van der Waals surface area contributed by atoms with Crippen molar-refractivity contribution in [3.05, 3.63) is 29.6 Å². The van der Waals surface area contributed by atoms with E-state index in [2.05, 4.69) is 5.32 Å². The van der Waals surface area contributed by atoms with Gasteiger partial charge in [0.2, 0.25) is 0 Å². The van der Waals surface area contributed by atoms with Gasteiger partial charge in [-0.15, -0.1) is 0 Å². The molecule has 1 heterocycles. The summed E-state index contributed by atoms with van der Waals surface area (Å²) >= 11 is 0. The first-order valence-electron chi connectivity index (χ1n) is 8.58. The van der Waals surface area contributed by atoms with E-state index in [9.17, 15) is 14.3 Å². The molecule has 0 radical (unpaired) electrons. The number of nitrogens with zero attached hydrogens (tertiary/aromatic N) is 1. The number of hydrogen-bond acceptors (Lipinski definition) is 3. The average Bonchev–Trinajstić information content (AvgIpc) is 2.59. The Labute approximate surface area is 141 Å². The van der Waals surface area contributed by atoms with Crippen molar-refractivity contribution in [1.82, 2.24) is 4.90 Å². The highest BCUT2D eigenvalue weighted by Crippen LogP contribution is 2.50. The van der Waals surface area contributed by atoms with Crippen molar-refractivity contribution in [3.63, 3.8) is 0 Å². The molecular weight excluding hydrogens is 311 g/mol. The Hall–Kier alpha value is -1.66. The van der Waals surface area contributed by atoms with Gasteiger partial charge >= 0.3 is 6.03 Å². The molecule has 132 valence electrons. The number of aliphatic hydroxyl groups is 1. The van der Waals surface area contributed by atoms with Crippen LogP contribution in [0.3, 0.4) is 0 Å². The number of halogens is 1. The highest BCUT2D eigenvalue weighted by molar-refractivity contribution is 5.89. The Morgan fingerprint density at radius 1 is 1.46 bits per heavy atom. The van der Waals surface area contributed by atoms with Crippen molar-refractivity contribution in [1.29, 1.82) is 0 Å². The molecule has 0 bridgehead atoms. The minimum absolute atomic E-state index is 0.0805. The lowest BCUT2D eigenvalue weighted by atomic mass is 9.58. The fraction of sp³-hybridized carbons (Fsp3) is 0.611. The summed E-state index contributed by atoms with van der Waals surface area (Å²) in [6, 6.07) is 4.65. The van der Waals surface area contributed by atoms with Crippen molar-refractivity contribution >= 4 is 11.7 Å². The normalized spacial score (nSPS) is 25.4. The minimum atomic E-state index is -0.398. The molecule has 2 N–H and O–H groups in total. The molecule has 1 spiro atoms. The quantitative estimate of drug-likeness (QED) is 0.892. The molecule has 2 unspecified atom stereocenters. The van der Waals surface area contributed by atoms with Crippen LogP contribution in [0.2, 0.25) is 0 Å². The zero-order valence-corrected chi connectivity index (χ0v) is 14.2. The summed E-state index contributed by atoms with van der Waals surface area (Å²) in [5.74, 6) is -0.398. The zero-order valence-electron chi connectivity index (χ0n) is 14.2. The number of anilines is 1. The highest BCUT2D eigenvalue weighted by atomic mass is 19.1. The summed E-state index contributed by atoms with van der Waals surface area (Å²) in [6.45, 7) is 5.34. The number of aliphatic hydroxyl groups excluding tert-OH is 1. The summed E-state index contributed by atoms with van der Waals surface area (Å²) in [5, 5.41) is 12.8. The third kappa shape index (κ3) is 2.89. The van der Waals surface area contributed by atoms with Crippen LogP contribution in [0.15, 0.2) is 18.2 Å². The molecule has 3 rings (SSSR count). The number of rotatable bonds is 3. The lowest BCUT2D eigenvalue weighted by Gasteiger charge is -2.56. The van der Waals surface area contributed by atoms with E-state index in [0.29, 0.717) is 44.5 Å². The summed E-state index contributed by atoms with van der Waals surface area (Å²) in [6.07, 6.45) is 1.82. The molecule has 1 aliphatic heterocycles. The number of ether oxygens (including phenoxy) is 1. The smallest absolute Gasteiger partial charge is 0.321 e. The number of amides is 2. The summed E-state index contributed by atoms with van der Waals surface area (Å²) in [5.41, 5.74) is 0.486. The van der Waals surface area contributed by atoms with Gasteiger partial charge in [0.1, 0.15) is 5.82 Å². The topological polar surface area (TPSA) is 61.8 Å². The zero-order chi connectivity index (χ0) is 17.3. The Kier molecular flexibility index (Phi) is 4.78. The number of carbonyl (C=O) groups is 1. The lowest BCUT2D eigenvalue weighted by Crippen LogP contribution is -2.63. The van der Waals surface area contributed by atoms with E-state index in [0.717, 1.165) is 0 Å². The SMILES string of the molecule is CCOC1CC(O)C12CCN(C(=O)Nc1cccc(C)c1F)CC2. The van der Waals surface area contributed by atoms with Crippen molar-refractivity contribution in [2.75, 3.05) is 25.0 Å². The van der Waals surface area contributed by atoms with Crippen LogP contribution in [0.25, 0.3) is 0 Å². The van der Waals surface area contributed by atoms with Crippen LogP contribution in [-0.4, -0.2) is 47.9 Å². The summed E-state index contributed by atoms with van der Waals surface area (Å²) in [4.78, 5) is 14.1. The molecule has 2 fully saturated rings. The van der Waals surface area contributed by atoms with Crippen LogP contribution in [0.1, 0.15) is 31.7 Å². The van der Waals surface area contributed by atoms with Gasteiger partial charge in [-0.2, -0.15) is 0 Å². The molecule has 2 amide bonds. The molecule has 2 aliphatic rings. The van der Waals surface area contributed by atoms with Crippen LogP contribution >= 0.6 is 0 Å². The summed E-state index contributed by atoms with van der Waals surface area (Å²) in [7, 11) is 0. The molecule has 0 aromatic heterocycles. The molecule has 1 saturated heterocycles. The van der Waals surface area contributed by atoms with E-state index in [-0.39, 0.29) is 29.3 Å². The molecular formula is C18H25FN2O3. The third-order valence-electron chi connectivity index (χ3n) is 5.53. The number of benzene rings is 1. The van der Waals surface area contributed by atoms with Gasteiger partial charge in [0.05, 0.1) is 17.9 Å². The molecule has 1 aromatic rings. The van der Waals surface area contributed by atoms with Gasteiger partial charge in [0, 0.05) is 31.5 Å². The van der Waals surface area contributed by atoms with E-state index in [4.69, 9.17) is 4.74 Å². The van der Waals surface area contributed by atoms with Crippen LogP contribution in [-0.2, 0) is 4.74 Å². The third-order valence-corrected chi connectivity index (χ3v) is 5.53. The first kappa shape index (κ1) is 17.2. The first-order chi connectivity index (χ1) is 11.5. The van der Waals surface area contributed by atoms with Crippen LogP contribution in [0, 0.1) is 18.2 Å². The van der Waals surface area contributed by atoms with E-state index in [1.165, 1.54) is 0 Å². The maximum absolute atomic E-state index is 14.0. The number of hydrogen-bond donors (Lipinski definition) is 2. The number of likely N-dealkylation sites (tertiary alicyclic amines) is 1. The maximum atomic E-state index is 14.0. The Morgan fingerprint density at radius 2 is 2.17 bits per heavy atom. The number of nitrogens with one attached hydrogen (secondary N) is 1. The van der Waals surface area contributed by atoms with E-state index >= 15 is 0 Å². The van der Waals surface area contributed by atoms with Crippen LogP contribution in [0.5, 0.6) is 0 Å². The molecule has 24 heavy (non-hydrogen) atoms. The first-order valence-corrected chi connectivity index (χ1v) is 8.58. The predicted octanol–water partition coefficient (Wildman–Crippen LogP) is 2.92. The largest absolute Gasteiger partial charge is 0.392 e. The highest BCUT2D eigenvalue weighted by Gasteiger charge is 2.56. The fourth-order valence-electron chi connectivity index (χ4n) is 3.88. The van der Waals surface area contributed by atoms with Crippen LogP contribution < -0.4 is 5.32 Å². The van der Waals surface area contributed by atoms with E-state index in [1.807, 2.05) is 6.92 Å². The Bertz CT molecular complexity index is 612. The Morgan fingerprint density at radius 3 is 2.79 bits per heavy atom. The van der Waals surface area contributed by atoms with Crippen molar-refractivity contribution in [2.45, 2.75) is 45.3 Å². The molecule has 6 heteroatoms. The average molecular weight is 336 g/mol. The maximum Gasteiger partial charge on any atom is 0.321 e. The van der Waals surface area contributed by atoms with Crippen molar-refractivity contribution in [2.24, 2.45) is 5.41 Å². The number of urea groups is 1. The second kappa shape index (κ2) is 6.69. The standard InChI is InChI=1S/C18H25FN2O3/c1-3-24-15-11-14(22)18(15)7-9-21(10-8-18)17(23)20-13-6-4-5-12(2)16(13)19/h4-6,14-15,22H,3,7-11H2,1-2H3,(H,20,23). The van der Waals surface area contributed by atoms with Gasteiger partial charge in [0.25, 0.3) is 0 Å².